The van der Waals surface area contributed by atoms with E-state index in [1.165, 1.54) is 0 Å². The monoisotopic (exact) mass is 498 g/mol. The molecule has 1 aromatic carbocycles. The average molecular weight is 499 g/mol. The van der Waals surface area contributed by atoms with Crippen molar-refractivity contribution in [2.45, 2.75) is 39.8 Å². The van der Waals surface area contributed by atoms with Crippen LogP contribution in [0.2, 0.25) is 0 Å². The number of hydrogen-bond acceptors (Lipinski definition) is 7. The number of nitrogens with one attached hydrogen (secondary N) is 2. The van der Waals surface area contributed by atoms with Crippen LogP contribution in [0, 0.1) is 20.8 Å². The van der Waals surface area contributed by atoms with Crippen LogP contribution < -0.4 is 15.0 Å². The number of carbonyl (C=O) groups excluding carboxylic acids is 1. The molecule has 2 unspecified atom stereocenters. The first-order valence-electron chi connectivity index (χ1n) is 12.6. The van der Waals surface area contributed by atoms with Gasteiger partial charge in [0.2, 0.25) is 0 Å². The van der Waals surface area contributed by atoms with Crippen LogP contribution in [0.4, 0.5) is 10.6 Å². The lowest BCUT2D eigenvalue weighted by molar-refractivity contribution is 0.197. The number of benzene rings is 1. The molecule has 2 amide bonds. The molecule has 0 spiro atoms. The highest BCUT2D eigenvalue weighted by molar-refractivity contribution is 5.93. The lowest BCUT2D eigenvalue weighted by Gasteiger charge is -2.37. The minimum Gasteiger partial charge on any atom is -0.486 e. The summed E-state index contributed by atoms with van der Waals surface area (Å²) in [6.07, 6.45) is 3.48. The number of aromatic amines is 1. The third-order valence-corrected chi connectivity index (χ3v) is 7.38. The molecular formula is C27H30N8O2. The Bertz CT molecular complexity index is 1480. The van der Waals surface area contributed by atoms with E-state index in [9.17, 15) is 4.79 Å². The SMILES string of the molecule is Cc1cc(-c2n[nH]c3ccc(OC(C)c4c(C)cnnc4C)cc23)cnc1N1CCN2C(=O)NCC2C1. The van der Waals surface area contributed by atoms with Crippen LogP contribution in [0.25, 0.3) is 22.2 Å². The number of pyridine rings is 1. The maximum atomic E-state index is 11.9. The van der Waals surface area contributed by atoms with Crippen LogP contribution in [-0.2, 0) is 0 Å². The smallest absolute Gasteiger partial charge is 0.317 e. The van der Waals surface area contributed by atoms with E-state index in [1.807, 2.05) is 50.1 Å². The number of ether oxygens (including phenoxy) is 1. The number of aromatic nitrogens is 5. The van der Waals surface area contributed by atoms with Crippen molar-refractivity contribution in [2.24, 2.45) is 0 Å². The molecule has 0 aliphatic carbocycles. The number of H-pyrrole nitrogens is 1. The molecular weight excluding hydrogens is 468 g/mol. The molecule has 5 heterocycles. The largest absolute Gasteiger partial charge is 0.486 e. The molecule has 0 bridgehead atoms. The van der Waals surface area contributed by atoms with Crippen molar-refractivity contribution < 1.29 is 9.53 Å². The van der Waals surface area contributed by atoms with E-state index in [-0.39, 0.29) is 18.2 Å². The van der Waals surface area contributed by atoms with Crippen molar-refractivity contribution >= 4 is 22.8 Å². The second-order valence-electron chi connectivity index (χ2n) is 9.91. The van der Waals surface area contributed by atoms with E-state index in [1.54, 1.807) is 6.20 Å². The molecule has 2 saturated heterocycles. The van der Waals surface area contributed by atoms with Gasteiger partial charge in [-0.1, -0.05) is 0 Å². The summed E-state index contributed by atoms with van der Waals surface area (Å²) < 4.78 is 6.33. The lowest BCUT2D eigenvalue weighted by Crippen LogP contribution is -2.52. The van der Waals surface area contributed by atoms with Gasteiger partial charge in [-0.25, -0.2) is 9.78 Å². The van der Waals surface area contributed by atoms with Gasteiger partial charge in [0.15, 0.2) is 0 Å². The summed E-state index contributed by atoms with van der Waals surface area (Å²) in [5.74, 6) is 1.72. The number of hydrogen-bond donors (Lipinski definition) is 2. The Kier molecular flexibility index (Phi) is 5.66. The van der Waals surface area contributed by atoms with E-state index < -0.39 is 0 Å². The topological polar surface area (TPSA) is 112 Å². The molecule has 10 heteroatoms. The van der Waals surface area contributed by atoms with Crippen molar-refractivity contribution in [3.8, 4) is 17.0 Å². The Morgan fingerprint density at radius 3 is 2.78 bits per heavy atom. The normalized spacial score (nSPS) is 18.2. The second kappa shape index (κ2) is 9.02. The molecule has 10 nitrogen and oxygen atoms in total. The number of anilines is 1. The number of carbonyl (C=O) groups is 1. The van der Waals surface area contributed by atoms with Gasteiger partial charge < -0.3 is 19.9 Å². The molecule has 6 rings (SSSR count). The molecule has 2 aliphatic rings. The average Bonchev–Trinajstić information content (AvgIpc) is 3.47. The summed E-state index contributed by atoms with van der Waals surface area (Å²) in [6.45, 7) is 11.0. The zero-order valence-electron chi connectivity index (χ0n) is 21.4. The third-order valence-electron chi connectivity index (χ3n) is 7.38. The fraction of sp³-hybridized carbons (Fsp3) is 0.370. The number of amides is 2. The highest BCUT2D eigenvalue weighted by Crippen LogP contribution is 2.33. The molecule has 2 N–H and O–H groups in total. The van der Waals surface area contributed by atoms with Crippen LogP contribution in [-0.4, -0.2) is 68.5 Å². The van der Waals surface area contributed by atoms with Gasteiger partial charge in [0.1, 0.15) is 23.4 Å². The first-order valence-corrected chi connectivity index (χ1v) is 12.6. The Labute approximate surface area is 215 Å². The molecule has 2 aliphatic heterocycles. The van der Waals surface area contributed by atoms with Crippen molar-refractivity contribution in [1.29, 1.82) is 0 Å². The number of urea groups is 1. The van der Waals surface area contributed by atoms with Gasteiger partial charge in [-0.3, -0.25) is 5.10 Å². The van der Waals surface area contributed by atoms with E-state index in [2.05, 4.69) is 43.6 Å². The van der Waals surface area contributed by atoms with E-state index >= 15 is 0 Å². The minimum atomic E-state index is -0.169. The van der Waals surface area contributed by atoms with Gasteiger partial charge in [-0.15, -0.1) is 0 Å². The third kappa shape index (κ3) is 4.12. The summed E-state index contributed by atoms with van der Waals surface area (Å²) in [6, 6.07) is 8.33. The molecule has 0 saturated carbocycles. The quantitative estimate of drug-likeness (QED) is 0.432. The molecule has 0 radical (unpaired) electrons. The maximum absolute atomic E-state index is 11.9. The summed E-state index contributed by atoms with van der Waals surface area (Å²) in [4.78, 5) is 21.0. The predicted molar refractivity (Wildman–Crippen MR) is 141 cm³/mol. The van der Waals surface area contributed by atoms with E-state index in [0.29, 0.717) is 13.1 Å². The minimum absolute atomic E-state index is 0.0375. The molecule has 2 atom stereocenters. The van der Waals surface area contributed by atoms with Gasteiger partial charge in [-0.05, 0) is 63.1 Å². The molecule has 2 fully saturated rings. The van der Waals surface area contributed by atoms with Crippen molar-refractivity contribution in [3.63, 3.8) is 0 Å². The van der Waals surface area contributed by atoms with Gasteiger partial charge in [-0.2, -0.15) is 15.3 Å². The molecule has 37 heavy (non-hydrogen) atoms. The van der Waals surface area contributed by atoms with Crippen LogP contribution in [0.1, 0.15) is 35.4 Å². The Morgan fingerprint density at radius 2 is 1.97 bits per heavy atom. The number of piperazine rings is 1. The van der Waals surface area contributed by atoms with E-state index in [0.717, 1.165) is 69.2 Å². The molecule has 4 aromatic rings. The first kappa shape index (κ1) is 23.2. The second-order valence-corrected chi connectivity index (χ2v) is 9.91. The van der Waals surface area contributed by atoms with Crippen molar-refractivity contribution in [3.05, 3.63) is 59.0 Å². The standard InChI is InChI=1S/C27H30N8O2/c1-15-9-19(12-28-26(15)34-7-8-35-20(14-34)13-29-27(35)36)25-22-10-21(5-6-23(22)32-33-25)37-18(4)24-16(2)11-30-31-17(24)3/h5-6,9-12,18,20H,7-8,13-14H2,1-4H3,(H,29,36)(H,32,33). The summed E-state index contributed by atoms with van der Waals surface area (Å²) in [5.41, 5.74) is 6.78. The maximum Gasteiger partial charge on any atom is 0.317 e. The zero-order chi connectivity index (χ0) is 25.7. The zero-order valence-corrected chi connectivity index (χ0v) is 21.4. The highest BCUT2D eigenvalue weighted by atomic mass is 16.5. The van der Waals surface area contributed by atoms with Crippen LogP contribution in [0.3, 0.4) is 0 Å². The van der Waals surface area contributed by atoms with Crippen LogP contribution >= 0.6 is 0 Å². The van der Waals surface area contributed by atoms with Crippen molar-refractivity contribution in [2.75, 3.05) is 31.1 Å². The summed E-state index contributed by atoms with van der Waals surface area (Å²) in [7, 11) is 0. The van der Waals surface area contributed by atoms with Gasteiger partial charge in [0, 0.05) is 48.9 Å². The van der Waals surface area contributed by atoms with Gasteiger partial charge in [0.05, 0.1) is 23.4 Å². The predicted octanol–water partition coefficient (Wildman–Crippen LogP) is 3.69. The van der Waals surface area contributed by atoms with E-state index in [4.69, 9.17) is 9.72 Å². The Hall–Kier alpha value is -4.21. The summed E-state index contributed by atoms with van der Waals surface area (Å²) >= 11 is 0. The van der Waals surface area contributed by atoms with Crippen molar-refractivity contribution in [1.82, 2.24) is 35.6 Å². The van der Waals surface area contributed by atoms with Gasteiger partial charge in [0.25, 0.3) is 0 Å². The number of aryl methyl sites for hydroxylation is 3. The Morgan fingerprint density at radius 1 is 1.11 bits per heavy atom. The number of nitrogens with zero attached hydrogens (tertiary/aromatic N) is 6. The fourth-order valence-electron chi connectivity index (χ4n) is 5.60. The van der Waals surface area contributed by atoms with Gasteiger partial charge >= 0.3 is 6.03 Å². The van der Waals surface area contributed by atoms with Crippen LogP contribution in [0.15, 0.2) is 36.7 Å². The first-order chi connectivity index (χ1) is 17.9. The lowest BCUT2D eigenvalue weighted by atomic mass is 10.0. The number of rotatable bonds is 5. The number of fused-ring (bicyclic) bond motifs is 2. The Balaban J connectivity index is 1.26. The van der Waals surface area contributed by atoms with Crippen LogP contribution in [0.5, 0.6) is 5.75 Å². The molecule has 3 aromatic heterocycles. The fourth-order valence-corrected chi connectivity index (χ4v) is 5.60. The highest BCUT2D eigenvalue weighted by Gasteiger charge is 2.36. The summed E-state index contributed by atoms with van der Waals surface area (Å²) in [5, 5.41) is 19.9. The molecule has 190 valence electrons.